The van der Waals surface area contributed by atoms with E-state index in [1.165, 1.54) is 0 Å². The largest absolute Gasteiger partial charge is 0.429 e. The average Bonchev–Trinajstić information content (AvgIpc) is 2.47. The average molecular weight is 290 g/mol. The summed E-state index contributed by atoms with van der Waals surface area (Å²) in [6.45, 7) is 8.02. The zero-order valence-corrected chi connectivity index (χ0v) is 13.0. The second-order valence-electron chi connectivity index (χ2n) is 3.67. The van der Waals surface area contributed by atoms with E-state index in [1.54, 1.807) is 12.1 Å². The van der Waals surface area contributed by atoms with E-state index in [1.807, 2.05) is 33.8 Å². The van der Waals surface area contributed by atoms with E-state index in [9.17, 15) is 0 Å². The molecule has 0 spiro atoms. The van der Waals surface area contributed by atoms with Crippen molar-refractivity contribution in [1.82, 2.24) is 5.43 Å². The number of thiol groups is 2. The number of hydrazine groups is 1. The lowest BCUT2D eigenvalue weighted by molar-refractivity contribution is 0.354. The van der Waals surface area contributed by atoms with Crippen LogP contribution in [0, 0.1) is 0 Å². The first kappa shape index (κ1) is 17.4. The molecule has 0 aliphatic heterocycles. The molecule has 0 amide bonds. The van der Waals surface area contributed by atoms with Crippen molar-refractivity contribution in [2.75, 3.05) is 0 Å². The normalized spacial score (nSPS) is 13.1. The van der Waals surface area contributed by atoms with Crippen molar-refractivity contribution in [2.24, 2.45) is 5.84 Å². The topological polar surface area (TPSA) is 56.5 Å². The van der Waals surface area contributed by atoms with E-state index >= 15 is 0 Å². The molecular weight excluding hydrogens is 268 g/mol. The molecule has 1 atom stereocenters. The van der Waals surface area contributed by atoms with Gasteiger partial charge in [-0.05, 0) is 25.5 Å². The van der Waals surface area contributed by atoms with Gasteiger partial charge in [-0.2, -0.15) is 0 Å². The first-order chi connectivity index (χ1) is 8.61. The molecule has 0 heterocycles. The Balaban J connectivity index is 0.00000137. The van der Waals surface area contributed by atoms with Gasteiger partial charge < -0.3 is 8.37 Å². The summed E-state index contributed by atoms with van der Waals surface area (Å²) in [6, 6.07) is 5.38. The van der Waals surface area contributed by atoms with E-state index < -0.39 is 0 Å². The number of hydrogen-bond acceptors (Lipinski definition) is 6. The number of rotatable bonds is 5. The van der Waals surface area contributed by atoms with Crippen LogP contribution in [0.25, 0.3) is 0 Å². The molecule has 0 radical (unpaired) electrons. The van der Waals surface area contributed by atoms with Gasteiger partial charge in [0, 0.05) is 37.4 Å². The van der Waals surface area contributed by atoms with Gasteiger partial charge in [0.25, 0.3) is 0 Å². The molecule has 4 nitrogen and oxygen atoms in total. The van der Waals surface area contributed by atoms with E-state index in [0.29, 0.717) is 11.5 Å². The van der Waals surface area contributed by atoms with Crippen molar-refractivity contribution in [3.8, 4) is 11.5 Å². The van der Waals surface area contributed by atoms with Gasteiger partial charge in [-0.1, -0.05) is 20.8 Å². The number of hydrogen-bond donors (Lipinski definition) is 4. The monoisotopic (exact) mass is 290 g/mol. The molecule has 0 aliphatic carbocycles. The van der Waals surface area contributed by atoms with Crippen molar-refractivity contribution in [2.45, 2.75) is 39.7 Å². The molecule has 0 bridgehead atoms. The SMILES string of the molecule is CC.CCC(C)(NN)c1ccc(OS)cc1OS. The van der Waals surface area contributed by atoms with Gasteiger partial charge in [0.2, 0.25) is 0 Å². The first-order valence-electron chi connectivity index (χ1n) is 5.86. The van der Waals surface area contributed by atoms with Gasteiger partial charge in [-0.15, -0.1) is 0 Å². The third-order valence-corrected chi connectivity index (χ3v) is 3.18. The fourth-order valence-corrected chi connectivity index (χ4v) is 1.73. The molecule has 1 rings (SSSR count). The predicted molar refractivity (Wildman–Crippen MR) is 82.0 cm³/mol. The quantitative estimate of drug-likeness (QED) is 0.291. The molecule has 1 aromatic rings. The minimum Gasteiger partial charge on any atom is -0.429 e. The summed E-state index contributed by atoms with van der Waals surface area (Å²) < 4.78 is 9.84. The van der Waals surface area contributed by atoms with E-state index in [0.717, 1.165) is 12.0 Å². The Bertz CT molecular complexity index is 358. The Kier molecular flexibility index (Phi) is 8.26. The van der Waals surface area contributed by atoms with Crippen LogP contribution in [0.2, 0.25) is 0 Å². The molecule has 104 valence electrons. The molecular formula is C12H22N2O2S2. The Morgan fingerprint density at radius 2 is 1.89 bits per heavy atom. The van der Waals surface area contributed by atoms with Gasteiger partial charge in [0.15, 0.2) is 0 Å². The van der Waals surface area contributed by atoms with Crippen LogP contribution in [0.3, 0.4) is 0 Å². The summed E-state index contributed by atoms with van der Waals surface area (Å²) in [7, 11) is 0. The summed E-state index contributed by atoms with van der Waals surface area (Å²) >= 11 is 7.55. The van der Waals surface area contributed by atoms with Crippen LogP contribution in [0.15, 0.2) is 18.2 Å². The Labute approximate surface area is 120 Å². The highest BCUT2D eigenvalue weighted by molar-refractivity contribution is 7.75. The van der Waals surface area contributed by atoms with Crippen molar-refractivity contribution < 1.29 is 8.37 Å². The van der Waals surface area contributed by atoms with Gasteiger partial charge in [0.1, 0.15) is 11.5 Å². The van der Waals surface area contributed by atoms with Crippen LogP contribution in [0.1, 0.15) is 39.7 Å². The Morgan fingerprint density at radius 1 is 1.28 bits per heavy atom. The molecule has 0 saturated heterocycles. The molecule has 0 fully saturated rings. The molecule has 3 N–H and O–H groups in total. The highest BCUT2D eigenvalue weighted by Gasteiger charge is 2.26. The standard InChI is InChI=1S/C10H16N2O2S2.C2H6/c1-3-10(2,12-11)8-5-4-7(13-15)6-9(8)14-16;1-2/h4-6,12,15-16H,3,11H2,1-2H3;1-2H3. The molecule has 0 saturated carbocycles. The van der Waals surface area contributed by atoms with Crippen LogP contribution < -0.4 is 19.6 Å². The van der Waals surface area contributed by atoms with Crippen LogP contribution in [-0.4, -0.2) is 0 Å². The highest BCUT2D eigenvalue weighted by Crippen LogP contribution is 2.35. The van der Waals surface area contributed by atoms with E-state index in [-0.39, 0.29) is 5.54 Å². The van der Waals surface area contributed by atoms with Gasteiger partial charge in [-0.25, -0.2) is 0 Å². The van der Waals surface area contributed by atoms with Crippen molar-refractivity contribution in [1.29, 1.82) is 0 Å². The number of nitrogens with one attached hydrogen (secondary N) is 1. The number of benzene rings is 1. The zero-order valence-electron chi connectivity index (χ0n) is 11.2. The first-order valence-corrected chi connectivity index (χ1v) is 6.59. The lowest BCUT2D eigenvalue weighted by Gasteiger charge is -2.29. The second kappa shape index (κ2) is 8.53. The van der Waals surface area contributed by atoms with Gasteiger partial charge >= 0.3 is 0 Å². The molecule has 1 unspecified atom stereocenters. The summed E-state index contributed by atoms with van der Waals surface area (Å²) in [5, 5.41) is 0. The summed E-state index contributed by atoms with van der Waals surface area (Å²) in [5.74, 6) is 6.75. The molecule has 6 heteroatoms. The van der Waals surface area contributed by atoms with Crippen LogP contribution in [0.5, 0.6) is 11.5 Å². The van der Waals surface area contributed by atoms with Gasteiger partial charge in [0.05, 0.1) is 5.54 Å². The van der Waals surface area contributed by atoms with E-state index in [4.69, 9.17) is 14.2 Å². The number of nitrogens with two attached hydrogens (primary N) is 1. The minimum atomic E-state index is -0.368. The predicted octanol–water partition coefficient (Wildman–Crippen LogP) is 3.25. The van der Waals surface area contributed by atoms with Crippen molar-refractivity contribution >= 4 is 25.8 Å². The summed E-state index contributed by atoms with van der Waals surface area (Å²) in [4.78, 5) is 0. The Hall–Kier alpha value is -0.560. The summed E-state index contributed by atoms with van der Waals surface area (Å²) in [5.41, 5.74) is 3.33. The lowest BCUT2D eigenvalue weighted by Crippen LogP contribution is -2.43. The van der Waals surface area contributed by atoms with Crippen molar-refractivity contribution in [3.05, 3.63) is 23.8 Å². The van der Waals surface area contributed by atoms with E-state index in [2.05, 4.69) is 31.2 Å². The third-order valence-electron chi connectivity index (χ3n) is 2.78. The highest BCUT2D eigenvalue weighted by atomic mass is 32.1. The maximum absolute atomic E-state index is 5.57. The third kappa shape index (κ3) is 3.98. The smallest absolute Gasteiger partial charge is 0.145 e. The second-order valence-corrected chi connectivity index (χ2v) is 4.04. The van der Waals surface area contributed by atoms with Gasteiger partial charge in [-0.3, -0.25) is 11.3 Å². The van der Waals surface area contributed by atoms with Crippen LogP contribution in [-0.2, 0) is 5.54 Å². The molecule has 0 aliphatic rings. The minimum absolute atomic E-state index is 0.368. The maximum atomic E-state index is 5.57. The van der Waals surface area contributed by atoms with Crippen LogP contribution in [0.4, 0.5) is 0 Å². The maximum Gasteiger partial charge on any atom is 0.145 e. The fraction of sp³-hybridized carbons (Fsp3) is 0.500. The van der Waals surface area contributed by atoms with Crippen molar-refractivity contribution in [3.63, 3.8) is 0 Å². The Morgan fingerprint density at radius 3 is 2.28 bits per heavy atom. The van der Waals surface area contributed by atoms with Crippen LogP contribution >= 0.6 is 25.8 Å². The molecule has 18 heavy (non-hydrogen) atoms. The lowest BCUT2D eigenvalue weighted by atomic mass is 9.89. The summed E-state index contributed by atoms with van der Waals surface area (Å²) in [6.07, 6.45) is 0.814. The zero-order chi connectivity index (χ0) is 14.2. The molecule has 0 aromatic heterocycles. The molecule has 1 aromatic carbocycles. The fourth-order valence-electron chi connectivity index (χ4n) is 1.46.